The number of carbonyl (C=O) groups is 2. The van der Waals surface area contributed by atoms with Crippen molar-refractivity contribution in [3.8, 4) is 0 Å². The largest absolute Gasteiger partial charge is 0.352 e. The molecule has 0 aliphatic heterocycles. The number of carbonyl (C=O) groups excluding carboxylic acids is 2. The molecule has 3 aromatic carbocycles. The Bertz CT molecular complexity index is 1370. The first-order valence-corrected chi connectivity index (χ1v) is 15.2. The minimum absolute atomic E-state index is 0.0710. The summed E-state index contributed by atoms with van der Waals surface area (Å²) in [6.07, 6.45) is 1.97. The Morgan fingerprint density at radius 2 is 1.51 bits per heavy atom. The Hall–Kier alpha value is -3.07. The predicted octanol–water partition coefficient (Wildman–Crippen LogP) is 5.31. The number of hydrogen-bond acceptors (Lipinski definition) is 4. The zero-order valence-electron chi connectivity index (χ0n) is 22.2. The molecule has 0 aliphatic rings. The van der Waals surface area contributed by atoms with E-state index in [1.807, 2.05) is 44.2 Å². The standard InChI is InChI=1S/C29H33Cl2N3O4S/c1-4-21(2)32-29(36)27(18-22-10-6-5-7-11-22)33(19-23-14-16-24(30)17-15-23)28(35)20-34(39(3,37)38)26-13-9-8-12-25(26)31/h5-17,21,27H,4,18-20H2,1-3H3,(H,32,36). The van der Waals surface area contributed by atoms with Crippen molar-refractivity contribution in [2.45, 2.75) is 45.3 Å². The monoisotopic (exact) mass is 589 g/mol. The van der Waals surface area contributed by atoms with Gasteiger partial charge in [-0.15, -0.1) is 0 Å². The van der Waals surface area contributed by atoms with Gasteiger partial charge in [-0.3, -0.25) is 13.9 Å². The summed E-state index contributed by atoms with van der Waals surface area (Å²) in [6.45, 7) is 3.40. The molecule has 0 saturated carbocycles. The first-order chi connectivity index (χ1) is 18.5. The summed E-state index contributed by atoms with van der Waals surface area (Å²) in [4.78, 5) is 29.1. The number of hydrogen-bond donors (Lipinski definition) is 1. The van der Waals surface area contributed by atoms with E-state index in [1.54, 1.807) is 42.5 Å². The highest BCUT2D eigenvalue weighted by Gasteiger charge is 2.33. The number of para-hydroxylation sites is 1. The van der Waals surface area contributed by atoms with Crippen LogP contribution in [0.4, 0.5) is 5.69 Å². The van der Waals surface area contributed by atoms with E-state index >= 15 is 0 Å². The lowest BCUT2D eigenvalue weighted by molar-refractivity contribution is -0.140. The van der Waals surface area contributed by atoms with E-state index in [4.69, 9.17) is 23.2 Å². The second kappa shape index (κ2) is 13.8. The highest BCUT2D eigenvalue weighted by atomic mass is 35.5. The Morgan fingerprint density at radius 3 is 2.10 bits per heavy atom. The fourth-order valence-corrected chi connectivity index (χ4v) is 5.31. The van der Waals surface area contributed by atoms with E-state index in [2.05, 4.69) is 5.32 Å². The number of nitrogens with one attached hydrogen (secondary N) is 1. The molecule has 39 heavy (non-hydrogen) atoms. The van der Waals surface area contributed by atoms with Crippen LogP contribution in [-0.2, 0) is 32.6 Å². The smallest absolute Gasteiger partial charge is 0.244 e. The van der Waals surface area contributed by atoms with Crippen LogP contribution in [0.15, 0.2) is 78.9 Å². The van der Waals surface area contributed by atoms with Crippen molar-refractivity contribution in [3.05, 3.63) is 100 Å². The van der Waals surface area contributed by atoms with Crippen molar-refractivity contribution < 1.29 is 18.0 Å². The fourth-order valence-electron chi connectivity index (χ4n) is 4.03. The average molecular weight is 591 g/mol. The topological polar surface area (TPSA) is 86.8 Å². The third-order valence-electron chi connectivity index (χ3n) is 6.34. The van der Waals surface area contributed by atoms with Crippen molar-refractivity contribution in [1.82, 2.24) is 10.2 Å². The van der Waals surface area contributed by atoms with Gasteiger partial charge in [-0.2, -0.15) is 0 Å². The molecule has 0 aromatic heterocycles. The van der Waals surface area contributed by atoms with Crippen molar-refractivity contribution in [2.75, 3.05) is 17.1 Å². The van der Waals surface area contributed by atoms with Crippen LogP contribution in [0, 0.1) is 0 Å². The zero-order valence-corrected chi connectivity index (χ0v) is 24.5. The summed E-state index contributed by atoms with van der Waals surface area (Å²) >= 11 is 12.4. The normalized spacial score (nSPS) is 12.8. The summed E-state index contributed by atoms with van der Waals surface area (Å²) < 4.78 is 26.6. The van der Waals surface area contributed by atoms with E-state index in [1.165, 1.54) is 11.0 Å². The van der Waals surface area contributed by atoms with Crippen LogP contribution in [0.2, 0.25) is 10.0 Å². The summed E-state index contributed by atoms with van der Waals surface area (Å²) in [5, 5.41) is 3.72. The lowest BCUT2D eigenvalue weighted by Crippen LogP contribution is -2.54. The van der Waals surface area contributed by atoms with Crippen molar-refractivity contribution in [3.63, 3.8) is 0 Å². The second-order valence-electron chi connectivity index (χ2n) is 9.39. The van der Waals surface area contributed by atoms with Gasteiger partial charge in [0.25, 0.3) is 0 Å². The Labute approximate surface area is 240 Å². The maximum Gasteiger partial charge on any atom is 0.244 e. The van der Waals surface area contributed by atoms with E-state index in [-0.39, 0.29) is 35.6 Å². The summed E-state index contributed by atoms with van der Waals surface area (Å²) in [5.41, 5.74) is 1.79. The average Bonchev–Trinajstić information content (AvgIpc) is 2.90. The Kier molecular flexibility index (Phi) is 10.8. The van der Waals surface area contributed by atoms with Crippen LogP contribution in [0.1, 0.15) is 31.4 Å². The third-order valence-corrected chi connectivity index (χ3v) is 8.04. The molecule has 0 aliphatic carbocycles. The van der Waals surface area contributed by atoms with Crippen LogP contribution in [0.3, 0.4) is 0 Å². The first-order valence-electron chi connectivity index (χ1n) is 12.6. The zero-order chi connectivity index (χ0) is 28.6. The highest BCUT2D eigenvalue weighted by Crippen LogP contribution is 2.28. The van der Waals surface area contributed by atoms with Gasteiger partial charge in [-0.05, 0) is 48.7 Å². The maximum atomic E-state index is 14.0. The predicted molar refractivity (Wildman–Crippen MR) is 157 cm³/mol. The molecule has 2 atom stereocenters. The second-order valence-corrected chi connectivity index (χ2v) is 12.1. The molecule has 3 rings (SSSR count). The molecule has 2 amide bonds. The number of amides is 2. The summed E-state index contributed by atoms with van der Waals surface area (Å²) in [7, 11) is -3.89. The number of halogens is 2. The molecule has 2 unspecified atom stereocenters. The molecule has 0 bridgehead atoms. The van der Waals surface area contributed by atoms with Gasteiger partial charge in [0.15, 0.2) is 0 Å². The molecule has 10 heteroatoms. The fraction of sp³-hybridized carbons (Fsp3) is 0.310. The van der Waals surface area contributed by atoms with Gasteiger partial charge < -0.3 is 10.2 Å². The molecule has 3 aromatic rings. The molecular weight excluding hydrogens is 557 g/mol. The molecule has 0 spiro atoms. The molecule has 1 N–H and O–H groups in total. The lowest BCUT2D eigenvalue weighted by Gasteiger charge is -2.34. The minimum Gasteiger partial charge on any atom is -0.352 e. The lowest BCUT2D eigenvalue weighted by atomic mass is 10.0. The Balaban J connectivity index is 2.06. The van der Waals surface area contributed by atoms with Gasteiger partial charge in [-0.1, -0.05) is 84.7 Å². The number of anilines is 1. The maximum absolute atomic E-state index is 14.0. The van der Waals surface area contributed by atoms with Crippen molar-refractivity contribution >= 4 is 50.7 Å². The van der Waals surface area contributed by atoms with Crippen LogP contribution < -0.4 is 9.62 Å². The summed E-state index contributed by atoms with van der Waals surface area (Å²) in [6, 6.07) is 21.8. The number of nitrogens with zero attached hydrogens (tertiary/aromatic N) is 2. The van der Waals surface area contributed by atoms with Crippen LogP contribution in [-0.4, -0.2) is 50.0 Å². The Morgan fingerprint density at radius 1 is 0.897 bits per heavy atom. The minimum atomic E-state index is -3.89. The van der Waals surface area contributed by atoms with E-state index < -0.39 is 28.5 Å². The molecule has 0 heterocycles. The first kappa shape index (κ1) is 30.5. The molecule has 208 valence electrons. The quantitative estimate of drug-likeness (QED) is 0.310. The summed E-state index contributed by atoms with van der Waals surface area (Å²) in [5.74, 6) is -0.866. The van der Waals surface area contributed by atoms with Gasteiger partial charge >= 0.3 is 0 Å². The van der Waals surface area contributed by atoms with E-state index in [0.29, 0.717) is 11.4 Å². The molecule has 7 nitrogen and oxygen atoms in total. The van der Waals surface area contributed by atoms with Gasteiger partial charge in [0.1, 0.15) is 12.6 Å². The van der Waals surface area contributed by atoms with Crippen LogP contribution in [0.25, 0.3) is 0 Å². The van der Waals surface area contributed by atoms with E-state index in [9.17, 15) is 18.0 Å². The van der Waals surface area contributed by atoms with E-state index in [0.717, 1.165) is 21.7 Å². The highest BCUT2D eigenvalue weighted by molar-refractivity contribution is 7.92. The van der Waals surface area contributed by atoms with Gasteiger partial charge in [0, 0.05) is 24.0 Å². The number of sulfonamides is 1. The molecule has 0 fully saturated rings. The molecule has 0 saturated heterocycles. The van der Waals surface area contributed by atoms with Crippen molar-refractivity contribution in [1.29, 1.82) is 0 Å². The molecular formula is C29H33Cl2N3O4S. The SMILES string of the molecule is CCC(C)NC(=O)C(Cc1ccccc1)N(Cc1ccc(Cl)cc1)C(=O)CN(c1ccccc1Cl)S(C)(=O)=O. The molecule has 0 radical (unpaired) electrons. The van der Waals surface area contributed by atoms with Crippen molar-refractivity contribution in [2.24, 2.45) is 0 Å². The number of rotatable bonds is 12. The third kappa shape index (κ3) is 8.71. The van der Waals surface area contributed by atoms with Gasteiger partial charge in [0.2, 0.25) is 21.8 Å². The van der Waals surface area contributed by atoms with Gasteiger partial charge in [-0.25, -0.2) is 8.42 Å². The van der Waals surface area contributed by atoms with Crippen LogP contribution in [0.5, 0.6) is 0 Å². The van der Waals surface area contributed by atoms with Gasteiger partial charge in [0.05, 0.1) is 17.0 Å². The van der Waals surface area contributed by atoms with Crippen LogP contribution >= 0.6 is 23.2 Å². The number of benzene rings is 3.